The van der Waals surface area contributed by atoms with Crippen LogP contribution in [0, 0.1) is 0 Å². The van der Waals surface area contributed by atoms with Crippen molar-refractivity contribution in [1.29, 1.82) is 0 Å². The molecule has 1 aliphatic heterocycles. The maximum atomic E-state index is 12.7. The van der Waals surface area contributed by atoms with Crippen LogP contribution in [0.3, 0.4) is 0 Å². The standard InChI is InChI=1S/C20H24N4O3S/c1-23(11-13-2-7-16-17(10-13)27-9-8-26-16)18(25)12-28-20-22-21-19(14-3-4-14)24(20)15-5-6-15/h2,7,10,14-15H,3-6,8-9,11-12H2,1H3. The molecule has 0 spiro atoms. The topological polar surface area (TPSA) is 69.5 Å². The highest BCUT2D eigenvalue weighted by Crippen LogP contribution is 2.46. The highest BCUT2D eigenvalue weighted by atomic mass is 32.2. The van der Waals surface area contributed by atoms with Crippen LogP contribution < -0.4 is 9.47 Å². The van der Waals surface area contributed by atoms with E-state index in [1.165, 1.54) is 37.4 Å². The van der Waals surface area contributed by atoms with Crippen LogP contribution in [0.25, 0.3) is 0 Å². The van der Waals surface area contributed by atoms with E-state index in [4.69, 9.17) is 9.47 Å². The molecule has 1 aromatic heterocycles. The molecule has 2 saturated carbocycles. The van der Waals surface area contributed by atoms with Crippen LogP contribution in [0.2, 0.25) is 0 Å². The molecular weight excluding hydrogens is 376 g/mol. The SMILES string of the molecule is CN(Cc1ccc2c(c1)OCCO2)C(=O)CSc1nnc(C2CC2)n1C1CC1. The number of carbonyl (C=O) groups excluding carboxylic acids is 1. The first-order chi connectivity index (χ1) is 13.7. The number of ether oxygens (including phenoxy) is 2. The zero-order valence-electron chi connectivity index (χ0n) is 16.0. The van der Waals surface area contributed by atoms with Crippen molar-refractivity contribution in [2.45, 2.75) is 49.3 Å². The molecule has 0 radical (unpaired) electrons. The van der Waals surface area contributed by atoms with Crippen molar-refractivity contribution >= 4 is 17.7 Å². The normalized spacial score (nSPS) is 18.2. The number of hydrogen-bond donors (Lipinski definition) is 0. The number of benzene rings is 1. The van der Waals surface area contributed by atoms with E-state index in [0.29, 0.717) is 37.5 Å². The van der Waals surface area contributed by atoms with Gasteiger partial charge in [0.1, 0.15) is 19.0 Å². The summed E-state index contributed by atoms with van der Waals surface area (Å²) in [6.45, 7) is 1.68. The Bertz CT molecular complexity index is 892. The van der Waals surface area contributed by atoms with E-state index in [1.54, 1.807) is 4.90 Å². The lowest BCUT2D eigenvalue weighted by Crippen LogP contribution is -2.28. The average molecular weight is 401 g/mol. The van der Waals surface area contributed by atoms with Crippen LogP contribution in [0.5, 0.6) is 11.5 Å². The molecule has 2 aromatic rings. The minimum Gasteiger partial charge on any atom is -0.486 e. The van der Waals surface area contributed by atoms with E-state index in [2.05, 4.69) is 14.8 Å². The maximum Gasteiger partial charge on any atom is 0.233 e. The molecule has 1 aromatic carbocycles. The van der Waals surface area contributed by atoms with Crippen molar-refractivity contribution in [2.75, 3.05) is 26.0 Å². The second-order valence-electron chi connectivity index (χ2n) is 7.73. The van der Waals surface area contributed by atoms with Crippen LogP contribution >= 0.6 is 11.8 Å². The Balaban J connectivity index is 1.20. The molecule has 2 aliphatic carbocycles. The molecule has 0 atom stereocenters. The Hall–Kier alpha value is -2.22. The summed E-state index contributed by atoms with van der Waals surface area (Å²) in [6.07, 6.45) is 4.83. The van der Waals surface area contributed by atoms with Gasteiger partial charge in [-0.3, -0.25) is 4.79 Å². The molecule has 148 valence electrons. The minimum absolute atomic E-state index is 0.0817. The molecule has 1 amide bonds. The van der Waals surface area contributed by atoms with Crippen LogP contribution in [0.15, 0.2) is 23.4 Å². The van der Waals surface area contributed by atoms with Crippen molar-refractivity contribution in [2.24, 2.45) is 0 Å². The van der Waals surface area contributed by atoms with Crippen LogP contribution in [0.4, 0.5) is 0 Å². The van der Waals surface area contributed by atoms with Gasteiger partial charge in [-0.05, 0) is 43.4 Å². The summed E-state index contributed by atoms with van der Waals surface area (Å²) in [6, 6.07) is 6.39. The highest BCUT2D eigenvalue weighted by Gasteiger charge is 2.36. The summed E-state index contributed by atoms with van der Waals surface area (Å²) in [5.74, 6) is 3.68. The number of rotatable bonds is 7. The van der Waals surface area contributed by atoms with Crippen molar-refractivity contribution in [3.05, 3.63) is 29.6 Å². The van der Waals surface area contributed by atoms with E-state index in [9.17, 15) is 4.79 Å². The van der Waals surface area contributed by atoms with Gasteiger partial charge in [-0.2, -0.15) is 0 Å². The molecule has 7 nitrogen and oxygen atoms in total. The third-order valence-corrected chi connectivity index (χ3v) is 6.25. The predicted molar refractivity (Wildman–Crippen MR) is 105 cm³/mol. The fourth-order valence-electron chi connectivity index (χ4n) is 3.47. The summed E-state index contributed by atoms with van der Waals surface area (Å²) >= 11 is 1.50. The largest absolute Gasteiger partial charge is 0.486 e. The lowest BCUT2D eigenvalue weighted by atomic mass is 10.2. The van der Waals surface area contributed by atoms with E-state index < -0.39 is 0 Å². The van der Waals surface area contributed by atoms with Gasteiger partial charge in [0, 0.05) is 25.6 Å². The van der Waals surface area contributed by atoms with Gasteiger partial charge >= 0.3 is 0 Å². The second kappa shape index (κ2) is 7.31. The number of fused-ring (bicyclic) bond motifs is 1. The molecule has 0 unspecified atom stereocenters. The van der Waals surface area contributed by atoms with Gasteiger partial charge in [0.05, 0.1) is 5.75 Å². The fourth-order valence-corrected chi connectivity index (χ4v) is 4.42. The molecule has 8 heteroatoms. The van der Waals surface area contributed by atoms with Crippen LogP contribution in [-0.2, 0) is 11.3 Å². The first-order valence-corrected chi connectivity index (χ1v) is 10.9. The van der Waals surface area contributed by atoms with Crippen molar-refractivity contribution < 1.29 is 14.3 Å². The van der Waals surface area contributed by atoms with Crippen molar-refractivity contribution in [3.63, 3.8) is 0 Å². The Kier molecular flexibility index (Phi) is 4.66. The van der Waals surface area contributed by atoms with Gasteiger partial charge in [-0.1, -0.05) is 17.8 Å². The Labute approximate surface area is 168 Å². The highest BCUT2D eigenvalue weighted by molar-refractivity contribution is 7.99. The smallest absolute Gasteiger partial charge is 0.233 e. The Morgan fingerprint density at radius 1 is 1.18 bits per heavy atom. The minimum atomic E-state index is 0.0817. The van der Waals surface area contributed by atoms with Gasteiger partial charge < -0.3 is 18.9 Å². The summed E-state index contributed by atoms with van der Waals surface area (Å²) in [5, 5.41) is 9.68. The molecule has 2 heterocycles. The van der Waals surface area contributed by atoms with Gasteiger partial charge in [0.15, 0.2) is 16.7 Å². The van der Waals surface area contributed by atoms with Gasteiger partial charge in [-0.25, -0.2) is 0 Å². The van der Waals surface area contributed by atoms with Gasteiger partial charge in [-0.15, -0.1) is 10.2 Å². The van der Waals surface area contributed by atoms with E-state index in [-0.39, 0.29) is 5.91 Å². The fraction of sp³-hybridized carbons (Fsp3) is 0.550. The summed E-state index contributed by atoms with van der Waals surface area (Å²) < 4.78 is 13.5. The molecule has 28 heavy (non-hydrogen) atoms. The Morgan fingerprint density at radius 2 is 1.96 bits per heavy atom. The monoisotopic (exact) mass is 400 g/mol. The Morgan fingerprint density at radius 3 is 2.71 bits per heavy atom. The molecule has 0 saturated heterocycles. The van der Waals surface area contributed by atoms with Crippen molar-refractivity contribution in [3.8, 4) is 11.5 Å². The average Bonchev–Trinajstić information content (AvgIpc) is 3.64. The van der Waals surface area contributed by atoms with Gasteiger partial charge in [0.25, 0.3) is 0 Å². The quantitative estimate of drug-likeness (QED) is 0.666. The predicted octanol–water partition coefficient (Wildman–Crippen LogP) is 3.01. The second-order valence-corrected chi connectivity index (χ2v) is 8.68. The molecular formula is C20H24N4O3S. The summed E-state index contributed by atoms with van der Waals surface area (Å²) in [5.41, 5.74) is 1.03. The van der Waals surface area contributed by atoms with Crippen molar-refractivity contribution in [1.82, 2.24) is 19.7 Å². The summed E-state index contributed by atoms with van der Waals surface area (Å²) in [4.78, 5) is 14.4. The number of aromatic nitrogens is 3. The number of amides is 1. The first kappa shape index (κ1) is 17.8. The third kappa shape index (κ3) is 3.70. The molecule has 0 N–H and O–H groups in total. The zero-order chi connectivity index (χ0) is 19.1. The van der Waals surface area contributed by atoms with E-state index >= 15 is 0 Å². The molecule has 0 bridgehead atoms. The lowest BCUT2D eigenvalue weighted by molar-refractivity contribution is -0.127. The lowest BCUT2D eigenvalue weighted by Gasteiger charge is -2.21. The third-order valence-electron chi connectivity index (χ3n) is 5.32. The molecule has 2 fully saturated rings. The zero-order valence-corrected chi connectivity index (χ0v) is 16.8. The molecule has 5 rings (SSSR count). The number of hydrogen-bond acceptors (Lipinski definition) is 6. The van der Waals surface area contributed by atoms with Gasteiger partial charge in [0.2, 0.25) is 5.91 Å². The first-order valence-electron chi connectivity index (χ1n) is 9.89. The number of nitrogens with zero attached hydrogens (tertiary/aromatic N) is 4. The van der Waals surface area contributed by atoms with Crippen LogP contribution in [0.1, 0.15) is 49.0 Å². The number of thioether (sulfide) groups is 1. The molecule has 3 aliphatic rings. The maximum absolute atomic E-state index is 12.7. The van der Waals surface area contributed by atoms with E-state index in [0.717, 1.165) is 28.0 Å². The van der Waals surface area contributed by atoms with E-state index in [1.807, 2.05) is 25.2 Å². The van der Waals surface area contributed by atoms with Crippen LogP contribution in [-0.4, -0.2) is 51.6 Å². The number of carbonyl (C=O) groups is 1. The summed E-state index contributed by atoms with van der Waals surface area (Å²) in [7, 11) is 1.83.